The first-order valence-electron chi connectivity index (χ1n) is 10.0. The highest BCUT2D eigenvalue weighted by Crippen LogP contribution is 2.63. The van der Waals surface area contributed by atoms with Crippen LogP contribution >= 0.6 is 0 Å². The van der Waals surface area contributed by atoms with Crippen LogP contribution in [-0.2, 0) is 29.2 Å². The van der Waals surface area contributed by atoms with E-state index in [4.69, 9.17) is 9.47 Å². The molecule has 0 aromatic heterocycles. The van der Waals surface area contributed by atoms with E-state index in [1.54, 1.807) is 0 Å². The molecule has 4 fully saturated rings. The van der Waals surface area contributed by atoms with Crippen molar-refractivity contribution in [1.29, 1.82) is 0 Å². The summed E-state index contributed by atoms with van der Waals surface area (Å²) in [4.78, 5) is 24.8. The van der Waals surface area contributed by atoms with Crippen LogP contribution in [-0.4, -0.2) is 54.7 Å². The SMILES string of the molecule is C=C(C(=O)OC12CC3CC(C1)CC(C(=O)OCCC(F)C(F)(F)S(=O)(=O)[O-])(C3)C2)C(F)(F)F. The number of carbonyl (C=O) groups is 2. The van der Waals surface area contributed by atoms with E-state index in [0.717, 1.165) is 0 Å². The van der Waals surface area contributed by atoms with Crippen LogP contribution in [0.2, 0.25) is 0 Å². The Labute approximate surface area is 185 Å². The average Bonchev–Trinajstić information content (AvgIpc) is 2.63. The molecule has 0 amide bonds. The first-order chi connectivity index (χ1) is 14.9. The highest BCUT2D eigenvalue weighted by atomic mass is 32.2. The lowest BCUT2D eigenvalue weighted by Crippen LogP contribution is -2.60. The van der Waals surface area contributed by atoms with Crippen molar-refractivity contribution in [2.45, 2.75) is 68.1 Å². The van der Waals surface area contributed by atoms with Crippen LogP contribution in [0, 0.1) is 17.3 Å². The van der Waals surface area contributed by atoms with Crippen LogP contribution in [0.3, 0.4) is 0 Å². The van der Waals surface area contributed by atoms with E-state index in [0.29, 0.717) is 6.42 Å². The quantitative estimate of drug-likeness (QED) is 0.214. The summed E-state index contributed by atoms with van der Waals surface area (Å²) >= 11 is 0. The molecule has 14 heteroatoms. The molecule has 4 saturated carbocycles. The van der Waals surface area contributed by atoms with Gasteiger partial charge in [-0.25, -0.2) is 17.6 Å². The van der Waals surface area contributed by atoms with Crippen molar-refractivity contribution < 1.29 is 58.4 Å². The van der Waals surface area contributed by atoms with Crippen molar-refractivity contribution in [2.24, 2.45) is 17.3 Å². The third-order valence-corrected chi connectivity index (χ3v) is 7.56. The van der Waals surface area contributed by atoms with E-state index in [2.05, 4.69) is 6.58 Å². The Morgan fingerprint density at radius 3 is 2.12 bits per heavy atom. The molecule has 0 saturated heterocycles. The number of hydrogen-bond donors (Lipinski definition) is 0. The van der Waals surface area contributed by atoms with Crippen molar-refractivity contribution in [3.8, 4) is 0 Å². The smallest absolute Gasteiger partial charge is 0.422 e. The van der Waals surface area contributed by atoms with E-state index in [1.165, 1.54) is 0 Å². The summed E-state index contributed by atoms with van der Waals surface area (Å²) in [6.07, 6.45) is -8.09. The Hall–Kier alpha value is -1.83. The standard InChI is InChI=1S/C19H22F6O7S/c1-10(18(21,22)23)14(26)32-17-7-11-4-12(8-17)6-16(5-11,9-17)15(27)31-3-2-13(20)19(24,25)33(28,29)30/h11-13H,1-9H2,(H,28,29,30)/p-1. The zero-order valence-corrected chi connectivity index (χ0v) is 17.9. The molecule has 7 nitrogen and oxygen atoms in total. The number of hydrogen-bond acceptors (Lipinski definition) is 7. The summed E-state index contributed by atoms with van der Waals surface area (Å²) in [5.74, 6) is -2.88. The molecule has 3 unspecified atom stereocenters. The Morgan fingerprint density at radius 2 is 1.64 bits per heavy atom. The number of esters is 2. The molecule has 4 bridgehead atoms. The van der Waals surface area contributed by atoms with Gasteiger partial charge in [0.1, 0.15) is 11.2 Å². The summed E-state index contributed by atoms with van der Waals surface area (Å²) in [5, 5.41) is -5.20. The Bertz CT molecular complexity index is 931. The maximum absolute atomic E-state index is 13.6. The van der Waals surface area contributed by atoms with Crippen molar-refractivity contribution in [3.63, 3.8) is 0 Å². The first kappa shape index (κ1) is 25.8. The molecular formula is C19H21F6O7S-. The number of rotatable bonds is 8. The van der Waals surface area contributed by atoms with Crippen molar-refractivity contribution in [2.75, 3.05) is 6.61 Å². The summed E-state index contributed by atoms with van der Waals surface area (Å²) in [5.41, 5.74) is -4.29. The zero-order chi connectivity index (χ0) is 25.0. The molecule has 4 rings (SSSR count). The summed E-state index contributed by atoms with van der Waals surface area (Å²) in [7, 11) is -6.26. The van der Waals surface area contributed by atoms with Crippen LogP contribution in [0.15, 0.2) is 12.2 Å². The van der Waals surface area contributed by atoms with Gasteiger partial charge in [-0.15, -0.1) is 0 Å². The molecule has 0 radical (unpaired) electrons. The molecular weight excluding hydrogens is 486 g/mol. The van der Waals surface area contributed by atoms with E-state index in [-0.39, 0.29) is 43.9 Å². The van der Waals surface area contributed by atoms with Crippen molar-refractivity contribution in [1.82, 2.24) is 0 Å². The van der Waals surface area contributed by atoms with E-state index < -0.39 is 69.3 Å². The summed E-state index contributed by atoms with van der Waals surface area (Å²) in [6, 6.07) is 0. The third kappa shape index (κ3) is 4.86. The fourth-order valence-electron chi connectivity index (χ4n) is 5.64. The lowest BCUT2D eigenvalue weighted by atomic mass is 9.48. The van der Waals surface area contributed by atoms with Gasteiger partial charge in [0, 0.05) is 12.8 Å². The second-order valence-electron chi connectivity index (χ2n) is 9.20. The molecule has 33 heavy (non-hydrogen) atoms. The topological polar surface area (TPSA) is 110 Å². The normalized spacial score (nSPS) is 32.3. The molecule has 188 valence electrons. The average molecular weight is 507 g/mol. The minimum atomic E-state index is -6.26. The molecule has 4 aliphatic carbocycles. The third-order valence-electron chi connectivity index (χ3n) is 6.64. The number of ether oxygens (including phenoxy) is 2. The summed E-state index contributed by atoms with van der Waals surface area (Å²) in [6.45, 7) is 1.77. The fourth-order valence-corrected chi connectivity index (χ4v) is 6.07. The van der Waals surface area contributed by atoms with Gasteiger partial charge in [-0.1, -0.05) is 6.58 Å². The van der Waals surface area contributed by atoms with Crippen molar-refractivity contribution >= 4 is 22.1 Å². The van der Waals surface area contributed by atoms with Gasteiger partial charge in [0.2, 0.25) is 0 Å². The highest BCUT2D eigenvalue weighted by Gasteiger charge is 2.63. The molecule has 0 spiro atoms. The minimum absolute atomic E-state index is 0.146. The monoisotopic (exact) mass is 507 g/mol. The van der Waals surface area contributed by atoms with Gasteiger partial charge in [-0.3, -0.25) is 4.79 Å². The maximum Gasteiger partial charge on any atom is 0.422 e. The van der Waals surface area contributed by atoms with Gasteiger partial charge >= 0.3 is 23.4 Å². The predicted octanol–water partition coefficient (Wildman–Crippen LogP) is 3.40. The van der Waals surface area contributed by atoms with E-state index in [1.807, 2.05) is 0 Å². The van der Waals surface area contributed by atoms with Gasteiger partial charge in [0.25, 0.3) is 0 Å². The van der Waals surface area contributed by atoms with Crippen LogP contribution in [0.4, 0.5) is 26.3 Å². The second-order valence-corrected chi connectivity index (χ2v) is 10.7. The van der Waals surface area contributed by atoms with Gasteiger partial charge < -0.3 is 14.0 Å². The van der Waals surface area contributed by atoms with Crippen LogP contribution in [0.1, 0.15) is 44.9 Å². The molecule has 0 N–H and O–H groups in total. The molecule has 0 heterocycles. The Balaban J connectivity index is 1.68. The lowest BCUT2D eigenvalue weighted by molar-refractivity contribution is -0.213. The highest BCUT2D eigenvalue weighted by molar-refractivity contribution is 7.86. The molecule has 0 aliphatic heterocycles. The molecule has 0 aromatic carbocycles. The van der Waals surface area contributed by atoms with Gasteiger partial charge in [0.15, 0.2) is 16.3 Å². The van der Waals surface area contributed by atoms with Gasteiger partial charge in [-0.2, -0.15) is 22.0 Å². The predicted molar refractivity (Wildman–Crippen MR) is 96.2 cm³/mol. The number of carbonyl (C=O) groups excluding carboxylic acids is 2. The van der Waals surface area contributed by atoms with Crippen LogP contribution in [0.5, 0.6) is 0 Å². The maximum atomic E-state index is 13.6. The minimum Gasteiger partial charge on any atom is -0.743 e. The lowest BCUT2D eigenvalue weighted by Gasteiger charge is -2.59. The number of halogens is 6. The van der Waals surface area contributed by atoms with Gasteiger partial charge in [0.05, 0.1) is 12.0 Å². The van der Waals surface area contributed by atoms with E-state index in [9.17, 15) is 48.9 Å². The Kier molecular flexibility index (Phi) is 6.36. The molecule has 0 aromatic rings. The van der Waals surface area contributed by atoms with E-state index >= 15 is 0 Å². The van der Waals surface area contributed by atoms with Crippen molar-refractivity contribution in [3.05, 3.63) is 12.2 Å². The summed E-state index contributed by atoms with van der Waals surface area (Å²) < 4.78 is 120. The van der Waals surface area contributed by atoms with Crippen LogP contribution < -0.4 is 0 Å². The largest absolute Gasteiger partial charge is 0.743 e. The van der Waals surface area contributed by atoms with Gasteiger partial charge in [-0.05, 0) is 43.9 Å². The number of alkyl halides is 6. The molecule has 4 aliphatic rings. The molecule has 3 atom stereocenters. The van der Waals surface area contributed by atoms with Crippen LogP contribution in [0.25, 0.3) is 0 Å². The first-order valence-corrected chi connectivity index (χ1v) is 11.5. The second kappa shape index (κ2) is 8.14. The fraction of sp³-hybridized carbons (Fsp3) is 0.789. The zero-order valence-electron chi connectivity index (χ0n) is 17.1. The Morgan fingerprint density at radius 1 is 1.09 bits per heavy atom.